The van der Waals surface area contributed by atoms with Gasteiger partial charge in [-0.25, -0.2) is 4.98 Å². The molecule has 138 valence electrons. The van der Waals surface area contributed by atoms with Crippen LogP contribution in [0.4, 0.5) is 11.4 Å². The topological polar surface area (TPSA) is 86.9 Å². The predicted octanol–water partition coefficient (Wildman–Crippen LogP) is 3.87. The van der Waals surface area contributed by atoms with Gasteiger partial charge < -0.3 is 15.6 Å². The highest BCUT2D eigenvalue weighted by atomic mass is 16.2. The number of nitrogens with zero attached hydrogens (tertiary/aromatic N) is 1. The van der Waals surface area contributed by atoms with Gasteiger partial charge in [-0.15, -0.1) is 0 Å². The SMILES string of the molecule is O=C(CCCc1nc2ccccc2[nH]1)Nc1cccc(NC(=O)C2CC2)c1. The van der Waals surface area contributed by atoms with Crippen LogP contribution < -0.4 is 10.6 Å². The van der Waals surface area contributed by atoms with Crippen LogP contribution in [0.1, 0.15) is 31.5 Å². The second-order valence-corrected chi connectivity index (χ2v) is 6.95. The van der Waals surface area contributed by atoms with Gasteiger partial charge in [-0.2, -0.15) is 0 Å². The summed E-state index contributed by atoms with van der Waals surface area (Å²) in [6.07, 6.45) is 3.78. The first kappa shape index (κ1) is 17.3. The number of hydrogen-bond acceptors (Lipinski definition) is 3. The van der Waals surface area contributed by atoms with Gasteiger partial charge in [0.2, 0.25) is 11.8 Å². The molecule has 2 aromatic carbocycles. The van der Waals surface area contributed by atoms with E-state index in [4.69, 9.17) is 0 Å². The van der Waals surface area contributed by atoms with E-state index in [1.165, 1.54) is 0 Å². The van der Waals surface area contributed by atoms with Crippen LogP contribution in [-0.4, -0.2) is 21.8 Å². The molecule has 6 nitrogen and oxygen atoms in total. The summed E-state index contributed by atoms with van der Waals surface area (Å²) in [7, 11) is 0. The number of amides is 2. The molecule has 0 atom stereocenters. The fourth-order valence-corrected chi connectivity index (χ4v) is 3.03. The van der Waals surface area contributed by atoms with Gasteiger partial charge in [-0.3, -0.25) is 9.59 Å². The molecule has 1 aliphatic rings. The van der Waals surface area contributed by atoms with Crippen molar-refractivity contribution in [3.63, 3.8) is 0 Å². The number of aromatic nitrogens is 2. The first-order chi connectivity index (χ1) is 13.2. The number of imidazole rings is 1. The molecule has 3 N–H and O–H groups in total. The molecule has 4 rings (SSSR count). The molecule has 1 fully saturated rings. The van der Waals surface area contributed by atoms with E-state index >= 15 is 0 Å². The van der Waals surface area contributed by atoms with Crippen molar-refractivity contribution in [2.45, 2.75) is 32.1 Å². The lowest BCUT2D eigenvalue weighted by atomic mass is 10.2. The first-order valence-electron chi connectivity index (χ1n) is 9.32. The minimum atomic E-state index is -0.0446. The lowest BCUT2D eigenvalue weighted by Crippen LogP contribution is -2.14. The second kappa shape index (κ2) is 7.61. The molecule has 3 aromatic rings. The number of hydrogen-bond donors (Lipinski definition) is 3. The molecule has 1 saturated carbocycles. The monoisotopic (exact) mass is 362 g/mol. The Labute approximate surface area is 157 Å². The molecular formula is C21H22N4O2. The van der Waals surface area contributed by atoms with Crippen molar-refractivity contribution < 1.29 is 9.59 Å². The number of aryl methyl sites for hydroxylation is 1. The van der Waals surface area contributed by atoms with Crippen LogP contribution >= 0.6 is 0 Å². The maximum Gasteiger partial charge on any atom is 0.227 e. The van der Waals surface area contributed by atoms with Crippen molar-refractivity contribution in [3.05, 3.63) is 54.4 Å². The van der Waals surface area contributed by atoms with Gasteiger partial charge in [0.05, 0.1) is 11.0 Å². The normalized spacial score (nSPS) is 13.5. The van der Waals surface area contributed by atoms with Gasteiger partial charge in [0.25, 0.3) is 0 Å². The predicted molar refractivity (Wildman–Crippen MR) is 105 cm³/mol. The third-order valence-corrected chi connectivity index (χ3v) is 4.62. The van der Waals surface area contributed by atoms with Crippen LogP contribution in [-0.2, 0) is 16.0 Å². The van der Waals surface area contributed by atoms with Gasteiger partial charge in [0.1, 0.15) is 5.82 Å². The number of carbonyl (C=O) groups is 2. The highest BCUT2D eigenvalue weighted by Crippen LogP contribution is 2.30. The van der Waals surface area contributed by atoms with Crippen LogP contribution in [0.25, 0.3) is 11.0 Å². The number of carbonyl (C=O) groups excluding carboxylic acids is 2. The van der Waals surface area contributed by atoms with Crippen LogP contribution in [0.2, 0.25) is 0 Å². The summed E-state index contributed by atoms with van der Waals surface area (Å²) in [5, 5.41) is 5.78. The van der Waals surface area contributed by atoms with Gasteiger partial charge in [-0.05, 0) is 49.6 Å². The van der Waals surface area contributed by atoms with E-state index in [1.807, 2.05) is 42.5 Å². The summed E-state index contributed by atoms with van der Waals surface area (Å²) < 4.78 is 0. The molecule has 2 amide bonds. The first-order valence-corrected chi connectivity index (χ1v) is 9.32. The van der Waals surface area contributed by atoms with Crippen LogP contribution in [0.15, 0.2) is 48.5 Å². The van der Waals surface area contributed by atoms with E-state index in [0.29, 0.717) is 24.2 Å². The Balaban J connectivity index is 1.26. The Bertz CT molecular complexity index is 942. The number of rotatable bonds is 7. The smallest absolute Gasteiger partial charge is 0.227 e. The average Bonchev–Trinajstić information content (AvgIpc) is 3.42. The molecule has 0 saturated heterocycles. The van der Waals surface area contributed by atoms with E-state index in [9.17, 15) is 9.59 Å². The van der Waals surface area contributed by atoms with Crippen molar-refractivity contribution in [3.8, 4) is 0 Å². The Morgan fingerprint density at radius 2 is 1.81 bits per heavy atom. The van der Waals surface area contributed by atoms with Crippen molar-refractivity contribution in [1.29, 1.82) is 0 Å². The lowest BCUT2D eigenvalue weighted by Gasteiger charge is -2.08. The van der Waals surface area contributed by atoms with E-state index in [-0.39, 0.29) is 17.7 Å². The molecule has 0 spiro atoms. The van der Waals surface area contributed by atoms with Gasteiger partial charge in [0.15, 0.2) is 0 Å². The third kappa shape index (κ3) is 4.53. The van der Waals surface area contributed by atoms with Crippen molar-refractivity contribution in [2.24, 2.45) is 5.92 Å². The Morgan fingerprint density at radius 1 is 1.04 bits per heavy atom. The summed E-state index contributed by atoms with van der Waals surface area (Å²) in [5.41, 5.74) is 3.37. The third-order valence-electron chi connectivity index (χ3n) is 4.62. The van der Waals surface area contributed by atoms with Gasteiger partial charge in [0, 0.05) is 30.1 Å². The highest BCUT2D eigenvalue weighted by Gasteiger charge is 2.29. The summed E-state index contributed by atoms with van der Waals surface area (Å²) in [6.45, 7) is 0. The van der Waals surface area contributed by atoms with Crippen molar-refractivity contribution >= 4 is 34.2 Å². The summed E-state index contributed by atoms with van der Waals surface area (Å²) in [4.78, 5) is 31.8. The molecule has 27 heavy (non-hydrogen) atoms. The minimum Gasteiger partial charge on any atom is -0.342 e. The largest absolute Gasteiger partial charge is 0.342 e. The number of benzene rings is 2. The van der Waals surface area contributed by atoms with Gasteiger partial charge in [-0.1, -0.05) is 18.2 Å². The van der Waals surface area contributed by atoms with E-state index in [0.717, 1.165) is 36.1 Å². The molecule has 0 bridgehead atoms. The molecule has 1 aromatic heterocycles. The number of para-hydroxylation sites is 2. The van der Waals surface area contributed by atoms with Gasteiger partial charge >= 0.3 is 0 Å². The molecule has 0 aliphatic heterocycles. The summed E-state index contributed by atoms with van der Waals surface area (Å²) in [5.74, 6) is 1.07. The zero-order chi connectivity index (χ0) is 18.6. The second-order valence-electron chi connectivity index (χ2n) is 6.95. The Kier molecular flexibility index (Phi) is 4.87. The maximum absolute atomic E-state index is 12.2. The Hall–Kier alpha value is -3.15. The molecular weight excluding hydrogens is 340 g/mol. The molecule has 0 unspecified atom stereocenters. The highest BCUT2D eigenvalue weighted by molar-refractivity contribution is 5.95. The van der Waals surface area contributed by atoms with Crippen LogP contribution in [0.5, 0.6) is 0 Å². The maximum atomic E-state index is 12.2. The number of fused-ring (bicyclic) bond motifs is 1. The fourth-order valence-electron chi connectivity index (χ4n) is 3.03. The minimum absolute atomic E-state index is 0.0446. The van der Waals surface area contributed by atoms with Crippen LogP contribution in [0.3, 0.4) is 0 Å². The molecule has 6 heteroatoms. The van der Waals surface area contributed by atoms with E-state index in [2.05, 4.69) is 20.6 Å². The van der Waals surface area contributed by atoms with Crippen molar-refractivity contribution in [2.75, 3.05) is 10.6 Å². The fraction of sp³-hybridized carbons (Fsp3) is 0.286. The van der Waals surface area contributed by atoms with E-state index < -0.39 is 0 Å². The number of H-pyrrole nitrogens is 1. The summed E-state index contributed by atoms with van der Waals surface area (Å²) in [6, 6.07) is 15.2. The van der Waals surface area contributed by atoms with Crippen LogP contribution in [0, 0.1) is 5.92 Å². The molecule has 1 heterocycles. The standard InChI is InChI=1S/C21H22N4O2/c26-20(10-4-9-19-24-17-7-1-2-8-18(17)25-19)22-15-5-3-6-16(13-15)23-21(27)14-11-12-14/h1-3,5-8,13-14H,4,9-12H2,(H,22,26)(H,23,27)(H,24,25). The Morgan fingerprint density at radius 3 is 2.59 bits per heavy atom. The van der Waals surface area contributed by atoms with E-state index in [1.54, 1.807) is 6.07 Å². The zero-order valence-electron chi connectivity index (χ0n) is 15.0. The van der Waals surface area contributed by atoms with Crippen molar-refractivity contribution in [1.82, 2.24) is 9.97 Å². The number of aromatic amines is 1. The average molecular weight is 362 g/mol. The molecule has 1 aliphatic carbocycles. The number of nitrogens with one attached hydrogen (secondary N) is 3. The quantitative estimate of drug-likeness (QED) is 0.596. The lowest BCUT2D eigenvalue weighted by molar-refractivity contribution is -0.117. The zero-order valence-corrected chi connectivity index (χ0v) is 15.0. The number of anilines is 2. The molecule has 0 radical (unpaired) electrons. The summed E-state index contributed by atoms with van der Waals surface area (Å²) >= 11 is 0.